The van der Waals surface area contributed by atoms with Crippen LogP contribution in [0.5, 0.6) is 11.5 Å². The zero-order chi connectivity index (χ0) is 16.8. The third-order valence-corrected chi connectivity index (χ3v) is 3.90. The first kappa shape index (κ1) is 19.1. The Morgan fingerprint density at radius 3 is 2.44 bits per heavy atom. The van der Waals surface area contributed by atoms with Gasteiger partial charge in [0.2, 0.25) is 0 Å². The standard InChI is InChI=1S/C19H22N2O3.ClH/c1-2-23-17-5-7-18(8-6-17)24-13-19(22)21-10-14-3-4-15-11-20-12-16(15)9-14;/h3-9,20H,2,10-13H2,1H3,(H,21,22);1H. The van der Waals surface area contributed by atoms with Crippen LogP contribution in [-0.2, 0) is 24.4 Å². The second-order valence-electron chi connectivity index (χ2n) is 5.68. The van der Waals surface area contributed by atoms with Crippen molar-refractivity contribution in [2.45, 2.75) is 26.6 Å². The van der Waals surface area contributed by atoms with Crippen molar-refractivity contribution in [3.05, 3.63) is 59.2 Å². The number of carbonyl (C=O) groups excluding carboxylic acids is 1. The lowest BCUT2D eigenvalue weighted by Crippen LogP contribution is -2.28. The van der Waals surface area contributed by atoms with Gasteiger partial charge in [-0.15, -0.1) is 12.4 Å². The lowest BCUT2D eigenvalue weighted by atomic mass is 10.1. The van der Waals surface area contributed by atoms with Crippen molar-refractivity contribution in [3.8, 4) is 11.5 Å². The molecule has 0 atom stereocenters. The fourth-order valence-electron chi connectivity index (χ4n) is 2.66. The van der Waals surface area contributed by atoms with Crippen molar-refractivity contribution >= 4 is 18.3 Å². The zero-order valence-corrected chi connectivity index (χ0v) is 15.0. The van der Waals surface area contributed by atoms with Gasteiger partial charge in [0, 0.05) is 19.6 Å². The topological polar surface area (TPSA) is 59.6 Å². The largest absolute Gasteiger partial charge is 0.494 e. The van der Waals surface area contributed by atoms with Gasteiger partial charge in [-0.1, -0.05) is 18.2 Å². The molecule has 0 saturated heterocycles. The molecule has 1 aliphatic rings. The van der Waals surface area contributed by atoms with Gasteiger partial charge in [0.1, 0.15) is 11.5 Å². The summed E-state index contributed by atoms with van der Waals surface area (Å²) in [6.07, 6.45) is 0. The minimum atomic E-state index is -0.137. The highest BCUT2D eigenvalue weighted by molar-refractivity contribution is 5.85. The number of nitrogens with one attached hydrogen (secondary N) is 2. The van der Waals surface area contributed by atoms with Crippen molar-refractivity contribution < 1.29 is 14.3 Å². The van der Waals surface area contributed by atoms with Crippen LogP contribution >= 0.6 is 12.4 Å². The molecule has 1 heterocycles. The van der Waals surface area contributed by atoms with Crippen LogP contribution in [0.3, 0.4) is 0 Å². The van der Waals surface area contributed by atoms with E-state index >= 15 is 0 Å². The van der Waals surface area contributed by atoms with Crippen molar-refractivity contribution in [3.63, 3.8) is 0 Å². The van der Waals surface area contributed by atoms with Gasteiger partial charge in [-0.25, -0.2) is 0 Å². The van der Waals surface area contributed by atoms with E-state index < -0.39 is 0 Å². The molecule has 0 spiro atoms. The number of hydrogen-bond donors (Lipinski definition) is 2. The number of fused-ring (bicyclic) bond motifs is 1. The number of benzene rings is 2. The highest BCUT2D eigenvalue weighted by Crippen LogP contribution is 2.18. The highest BCUT2D eigenvalue weighted by Gasteiger charge is 2.10. The monoisotopic (exact) mass is 362 g/mol. The average Bonchev–Trinajstić information content (AvgIpc) is 3.07. The second kappa shape index (κ2) is 9.30. The van der Waals surface area contributed by atoms with Gasteiger partial charge in [0.15, 0.2) is 6.61 Å². The number of amides is 1. The van der Waals surface area contributed by atoms with E-state index in [4.69, 9.17) is 9.47 Å². The van der Waals surface area contributed by atoms with Gasteiger partial charge >= 0.3 is 0 Å². The molecule has 3 rings (SSSR count). The Labute approximate surface area is 154 Å². The molecule has 0 radical (unpaired) electrons. The van der Waals surface area contributed by atoms with Crippen molar-refractivity contribution in [2.75, 3.05) is 13.2 Å². The van der Waals surface area contributed by atoms with E-state index in [-0.39, 0.29) is 24.9 Å². The SMILES string of the molecule is CCOc1ccc(OCC(=O)NCc2ccc3c(c2)CNC3)cc1.Cl. The minimum Gasteiger partial charge on any atom is -0.494 e. The molecule has 2 aromatic carbocycles. The summed E-state index contributed by atoms with van der Waals surface area (Å²) in [5.41, 5.74) is 3.75. The molecule has 0 aromatic heterocycles. The smallest absolute Gasteiger partial charge is 0.258 e. The Bertz CT molecular complexity index is 704. The molecular weight excluding hydrogens is 340 g/mol. The number of rotatable bonds is 7. The summed E-state index contributed by atoms with van der Waals surface area (Å²) in [7, 11) is 0. The quantitative estimate of drug-likeness (QED) is 0.795. The van der Waals surface area contributed by atoms with E-state index in [1.165, 1.54) is 11.1 Å². The molecule has 0 fully saturated rings. The Morgan fingerprint density at radius 2 is 1.72 bits per heavy atom. The Morgan fingerprint density at radius 1 is 1.04 bits per heavy atom. The normalized spacial score (nSPS) is 12.0. The molecule has 1 amide bonds. The Balaban J connectivity index is 0.00000225. The van der Waals surface area contributed by atoms with Crippen molar-refractivity contribution in [1.82, 2.24) is 10.6 Å². The van der Waals surface area contributed by atoms with Gasteiger partial charge < -0.3 is 20.1 Å². The maximum Gasteiger partial charge on any atom is 0.258 e. The fourth-order valence-corrected chi connectivity index (χ4v) is 2.66. The van der Waals surface area contributed by atoms with Crippen LogP contribution in [0.1, 0.15) is 23.6 Å². The molecule has 134 valence electrons. The summed E-state index contributed by atoms with van der Waals surface area (Å²) < 4.78 is 10.9. The molecule has 0 bridgehead atoms. The molecule has 1 aliphatic heterocycles. The summed E-state index contributed by atoms with van der Waals surface area (Å²) in [6.45, 7) is 4.91. The zero-order valence-electron chi connectivity index (χ0n) is 14.2. The molecule has 0 unspecified atom stereocenters. The number of hydrogen-bond acceptors (Lipinski definition) is 4. The van der Waals surface area contributed by atoms with Crippen LogP contribution in [0, 0.1) is 0 Å². The summed E-state index contributed by atoms with van der Waals surface area (Å²) in [5.74, 6) is 1.31. The molecule has 0 saturated carbocycles. The van der Waals surface area contributed by atoms with E-state index in [1.54, 1.807) is 12.1 Å². The summed E-state index contributed by atoms with van der Waals surface area (Å²) in [5, 5.41) is 6.20. The van der Waals surface area contributed by atoms with Crippen LogP contribution in [0.4, 0.5) is 0 Å². The molecule has 2 aromatic rings. The van der Waals surface area contributed by atoms with E-state index in [9.17, 15) is 4.79 Å². The average molecular weight is 363 g/mol. The lowest BCUT2D eigenvalue weighted by Gasteiger charge is -2.09. The van der Waals surface area contributed by atoms with Crippen LogP contribution in [-0.4, -0.2) is 19.1 Å². The first-order valence-corrected chi connectivity index (χ1v) is 8.18. The lowest BCUT2D eigenvalue weighted by molar-refractivity contribution is -0.123. The fraction of sp³-hybridized carbons (Fsp3) is 0.316. The maximum absolute atomic E-state index is 11.9. The Hall–Kier alpha value is -2.24. The highest BCUT2D eigenvalue weighted by atomic mass is 35.5. The van der Waals surface area contributed by atoms with Crippen LogP contribution < -0.4 is 20.1 Å². The Kier molecular flexibility index (Phi) is 7.10. The van der Waals surface area contributed by atoms with E-state index in [2.05, 4.69) is 28.8 Å². The van der Waals surface area contributed by atoms with Gasteiger partial charge in [0.05, 0.1) is 6.61 Å². The minimum absolute atomic E-state index is 0. The van der Waals surface area contributed by atoms with E-state index in [0.29, 0.717) is 18.9 Å². The van der Waals surface area contributed by atoms with E-state index in [0.717, 1.165) is 24.4 Å². The summed E-state index contributed by atoms with van der Waals surface area (Å²) >= 11 is 0. The van der Waals surface area contributed by atoms with Crippen molar-refractivity contribution in [2.24, 2.45) is 0 Å². The second-order valence-corrected chi connectivity index (χ2v) is 5.68. The first-order valence-electron chi connectivity index (χ1n) is 8.18. The van der Waals surface area contributed by atoms with Crippen LogP contribution in [0.25, 0.3) is 0 Å². The number of ether oxygens (including phenoxy) is 2. The predicted octanol–water partition coefficient (Wildman–Crippen LogP) is 2.81. The molecule has 0 aliphatic carbocycles. The first-order chi connectivity index (χ1) is 11.7. The summed E-state index contributed by atoms with van der Waals surface area (Å²) in [6, 6.07) is 13.6. The molecular formula is C19H23ClN2O3. The van der Waals surface area contributed by atoms with Gasteiger partial charge in [0.25, 0.3) is 5.91 Å². The van der Waals surface area contributed by atoms with Crippen LogP contribution in [0.2, 0.25) is 0 Å². The molecule has 6 heteroatoms. The van der Waals surface area contributed by atoms with Crippen molar-refractivity contribution in [1.29, 1.82) is 0 Å². The molecule has 5 nitrogen and oxygen atoms in total. The third kappa shape index (κ3) is 5.37. The van der Waals surface area contributed by atoms with Crippen LogP contribution in [0.15, 0.2) is 42.5 Å². The maximum atomic E-state index is 11.9. The number of carbonyl (C=O) groups is 1. The van der Waals surface area contributed by atoms with Gasteiger partial charge in [-0.2, -0.15) is 0 Å². The molecule has 2 N–H and O–H groups in total. The predicted molar refractivity (Wildman–Crippen MR) is 99.2 cm³/mol. The molecule has 25 heavy (non-hydrogen) atoms. The van der Waals surface area contributed by atoms with Gasteiger partial charge in [-0.3, -0.25) is 4.79 Å². The number of halogens is 1. The third-order valence-electron chi connectivity index (χ3n) is 3.90. The van der Waals surface area contributed by atoms with E-state index in [1.807, 2.05) is 19.1 Å². The van der Waals surface area contributed by atoms with Gasteiger partial charge in [-0.05, 0) is 47.9 Å². The summed E-state index contributed by atoms with van der Waals surface area (Å²) in [4.78, 5) is 11.9.